The molecular weight excluding hydrogens is 416 g/mol. The maximum absolute atomic E-state index is 12.9. The smallest absolute Gasteiger partial charge is 0.300 e. The van der Waals surface area contributed by atoms with Crippen LogP contribution in [0.5, 0.6) is 11.5 Å². The molecule has 6 heteroatoms. The van der Waals surface area contributed by atoms with Gasteiger partial charge in [-0.25, -0.2) is 0 Å². The number of carbonyl (C=O) groups is 2. The molecule has 0 unspecified atom stereocenters. The lowest BCUT2D eigenvalue weighted by molar-refractivity contribution is -0.114. The third kappa shape index (κ3) is 3.56. The molecule has 0 saturated heterocycles. The average Bonchev–Trinajstić information content (AvgIpc) is 3.07. The molecule has 0 fully saturated rings. The molecule has 5 rings (SSSR count). The Morgan fingerprint density at radius 2 is 1.67 bits per heavy atom. The maximum atomic E-state index is 12.9. The first-order chi connectivity index (χ1) is 16.0. The minimum atomic E-state index is -0.472. The fourth-order valence-electron chi connectivity index (χ4n) is 4.91. The van der Waals surface area contributed by atoms with Crippen molar-refractivity contribution in [2.24, 2.45) is 0 Å². The molecule has 0 aliphatic carbocycles. The number of benzene rings is 3. The van der Waals surface area contributed by atoms with Crippen molar-refractivity contribution in [2.75, 3.05) is 32.3 Å². The molecule has 0 aromatic heterocycles. The quantitative estimate of drug-likeness (QED) is 0.556. The van der Waals surface area contributed by atoms with E-state index in [4.69, 9.17) is 9.47 Å². The van der Waals surface area contributed by atoms with Gasteiger partial charge in [0.15, 0.2) is 11.5 Å². The van der Waals surface area contributed by atoms with E-state index in [2.05, 4.69) is 17.0 Å². The largest absolute Gasteiger partial charge is 0.493 e. The number of rotatable bonds is 5. The van der Waals surface area contributed by atoms with E-state index in [0.29, 0.717) is 29.4 Å². The number of hydrogen-bond donors (Lipinski definition) is 0. The lowest BCUT2D eigenvalue weighted by atomic mass is 9.88. The van der Waals surface area contributed by atoms with E-state index in [1.807, 2.05) is 49.4 Å². The molecule has 0 bridgehead atoms. The Hall–Kier alpha value is -3.64. The van der Waals surface area contributed by atoms with E-state index in [9.17, 15) is 9.59 Å². The Bertz CT molecular complexity index is 1240. The van der Waals surface area contributed by atoms with Crippen LogP contribution in [0.3, 0.4) is 0 Å². The van der Waals surface area contributed by atoms with Crippen LogP contribution in [0.25, 0.3) is 0 Å². The van der Waals surface area contributed by atoms with E-state index in [1.54, 1.807) is 25.2 Å². The molecule has 0 saturated carbocycles. The summed E-state index contributed by atoms with van der Waals surface area (Å²) in [5, 5.41) is 0. The lowest BCUT2D eigenvalue weighted by Crippen LogP contribution is -2.45. The van der Waals surface area contributed by atoms with Gasteiger partial charge in [-0.2, -0.15) is 0 Å². The molecule has 0 radical (unpaired) electrons. The molecule has 3 aromatic carbocycles. The number of nitrogens with zero attached hydrogens (tertiary/aromatic N) is 2. The Labute approximate surface area is 193 Å². The Morgan fingerprint density at radius 3 is 2.39 bits per heavy atom. The van der Waals surface area contributed by atoms with Crippen LogP contribution >= 0.6 is 0 Å². The second kappa shape index (κ2) is 8.37. The number of methoxy groups -OCH3 is 2. The first kappa shape index (κ1) is 21.2. The third-order valence-corrected chi connectivity index (χ3v) is 6.54. The number of hydrogen-bond acceptors (Lipinski definition) is 5. The monoisotopic (exact) mass is 442 g/mol. The first-order valence-electron chi connectivity index (χ1n) is 11.0. The van der Waals surface area contributed by atoms with E-state index in [0.717, 1.165) is 29.7 Å². The van der Waals surface area contributed by atoms with Crippen molar-refractivity contribution in [3.8, 4) is 11.5 Å². The molecule has 33 heavy (non-hydrogen) atoms. The Morgan fingerprint density at radius 1 is 0.939 bits per heavy atom. The fourth-order valence-corrected chi connectivity index (χ4v) is 4.91. The highest BCUT2D eigenvalue weighted by Gasteiger charge is 2.39. The summed E-state index contributed by atoms with van der Waals surface area (Å²) in [4.78, 5) is 29.5. The van der Waals surface area contributed by atoms with E-state index in [-0.39, 0.29) is 6.04 Å². The van der Waals surface area contributed by atoms with Crippen LogP contribution in [0.2, 0.25) is 0 Å². The maximum Gasteiger partial charge on any atom is 0.300 e. The third-order valence-electron chi connectivity index (χ3n) is 6.54. The molecule has 2 aliphatic rings. The molecule has 1 atom stereocenters. The van der Waals surface area contributed by atoms with Crippen LogP contribution in [0.4, 0.5) is 5.69 Å². The van der Waals surface area contributed by atoms with Gasteiger partial charge < -0.3 is 9.47 Å². The average molecular weight is 443 g/mol. The van der Waals surface area contributed by atoms with Gasteiger partial charge in [-0.3, -0.25) is 19.4 Å². The molecule has 2 heterocycles. The Kier molecular flexibility index (Phi) is 5.38. The standard InChI is InChI=1S/C27H26N2O4/c1-17-9-10-22-21(13-17)26(30)27(31)29(22)16-28-12-11-19-14-23(32-2)24(33-3)15-20(19)25(28)18-7-5-4-6-8-18/h4-10,13-15,25H,11-12,16H2,1-3H3/t25-/m1/s1. The van der Waals surface area contributed by atoms with Gasteiger partial charge >= 0.3 is 5.91 Å². The van der Waals surface area contributed by atoms with Crippen LogP contribution < -0.4 is 14.4 Å². The van der Waals surface area contributed by atoms with Crippen molar-refractivity contribution < 1.29 is 19.1 Å². The van der Waals surface area contributed by atoms with Crippen molar-refractivity contribution in [3.63, 3.8) is 0 Å². The van der Waals surface area contributed by atoms with Gasteiger partial charge in [0.2, 0.25) is 0 Å². The van der Waals surface area contributed by atoms with Crippen molar-refractivity contribution >= 4 is 17.4 Å². The first-order valence-corrected chi connectivity index (χ1v) is 11.0. The summed E-state index contributed by atoms with van der Waals surface area (Å²) in [5.41, 5.74) is 5.56. The molecule has 1 amide bonds. The van der Waals surface area contributed by atoms with Crippen LogP contribution in [0.15, 0.2) is 60.7 Å². The lowest BCUT2D eigenvalue weighted by Gasteiger charge is -2.40. The number of Topliss-reactive ketones (excluding diaryl/α,β-unsaturated/α-hetero) is 1. The van der Waals surface area contributed by atoms with Crippen molar-refractivity contribution in [1.29, 1.82) is 0 Å². The zero-order valence-corrected chi connectivity index (χ0v) is 19.0. The van der Waals surface area contributed by atoms with E-state index >= 15 is 0 Å². The summed E-state index contributed by atoms with van der Waals surface area (Å²) < 4.78 is 11.1. The van der Waals surface area contributed by atoms with Crippen molar-refractivity contribution in [2.45, 2.75) is 19.4 Å². The predicted octanol–water partition coefficient (Wildman–Crippen LogP) is 4.15. The SMILES string of the molecule is COc1cc2c(cc1OC)[C@@H](c1ccccc1)N(CN1C(=O)C(=O)c3cc(C)ccc31)CC2. The summed E-state index contributed by atoms with van der Waals surface area (Å²) in [7, 11) is 3.28. The molecule has 3 aromatic rings. The number of carbonyl (C=O) groups excluding carboxylic acids is 2. The van der Waals surface area contributed by atoms with Gasteiger partial charge in [0.05, 0.1) is 38.2 Å². The van der Waals surface area contributed by atoms with Crippen LogP contribution in [0, 0.1) is 6.92 Å². The van der Waals surface area contributed by atoms with Gasteiger partial charge in [0.25, 0.3) is 5.78 Å². The zero-order chi connectivity index (χ0) is 23.1. The number of ether oxygens (including phenoxy) is 2. The molecule has 0 N–H and O–H groups in total. The number of aryl methyl sites for hydroxylation is 1. The highest BCUT2D eigenvalue weighted by molar-refractivity contribution is 6.52. The minimum Gasteiger partial charge on any atom is -0.493 e. The second-order valence-electron chi connectivity index (χ2n) is 8.51. The van der Waals surface area contributed by atoms with Gasteiger partial charge in [-0.05, 0) is 54.3 Å². The van der Waals surface area contributed by atoms with Gasteiger partial charge in [0.1, 0.15) is 0 Å². The Balaban J connectivity index is 1.57. The van der Waals surface area contributed by atoms with Gasteiger partial charge in [0, 0.05) is 6.54 Å². The predicted molar refractivity (Wildman–Crippen MR) is 126 cm³/mol. The summed E-state index contributed by atoms with van der Waals surface area (Å²) >= 11 is 0. The number of fused-ring (bicyclic) bond motifs is 2. The molecule has 168 valence electrons. The molecule has 2 aliphatic heterocycles. The summed E-state index contributed by atoms with van der Waals surface area (Å²) in [6.07, 6.45) is 0.801. The normalized spacial score (nSPS) is 17.7. The van der Waals surface area contributed by atoms with Crippen molar-refractivity contribution in [3.05, 3.63) is 88.5 Å². The summed E-state index contributed by atoms with van der Waals surface area (Å²) in [6, 6.07) is 19.8. The second-order valence-corrected chi connectivity index (χ2v) is 8.51. The van der Waals surface area contributed by atoms with Gasteiger partial charge in [-0.1, -0.05) is 42.0 Å². The number of amides is 1. The highest BCUT2D eigenvalue weighted by atomic mass is 16.5. The molecular formula is C27H26N2O4. The molecule has 0 spiro atoms. The van der Waals surface area contributed by atoms with E-state index < -0.39 is 11.7 Å². The van der Waals surface area contributed by atoms with E-state index in [1.165, 1.54) is 5.56 Å². The minimum absolute atomic E-state index is 0.0906. The molecule has 6 nitrogen and oxygen atoms in total. The highest BCUT2D eigenvalue weighted by Crippen LogP contribution is 2.42. The summed E-state index contributed by atoms with van der Waals surface area (Å²) in [5.74, 6) is 0.475. The summed E-state index contributed by atoms with van der Waals surface area (Å²) in [6.45, 7) is 2.99. The van der Waals surface area contributed by atoms with Crippen LogP contribution in [0.1, 0.15) is 38.7 Å². The topological polar surface area (TPSA) is 59.1 Å². The zero-order valence-electron chi connectivity index (χ0n) is 19.0. The fraction of sp³-hybridized carbons (Fsp3) is 0.259. The van der Waals surface area contributed by atoms with Crippen molar-refractivity contribution in [1.82, 2.24) is 4.90 Å². The van der Waals surface area contributed by atoms with Gasteiger partial charge in [-0.15, -0.1) is 0 Å². The number of ketones is 1. The van der Waals surface area contributed by atoms with Crippen LogP contribution in [-0.4, -0.2) is 44.0 Å². The van der Waals surface area contributed by atoms with Crippen LogP contribution in [-0.2, 0) is 11.2 Å². The number of anilines is 1.